The van der Waals surface area contributed by atoms with Crippen molar-refractivity contribution in [3.8, 4) is 0 Å². The fourth-order valence-corrected chi connectivity index (χ4v) is 3.00. The van der Waals surface area contributed by atoms with E-state index >= 15 is 0 Å². The molecule has 5 nitrogen and oxygen atoms in total. The lowest BCUT2D eigenvalue weighted by molar-refractivity contribution is -0.122. The quantitative estimate of drug-likeness (QED) is 0.668. The highest BCUT2D eigenvalue weighted by Crippen LogP contribution is 2.39. The number of benzene rings is 1. The molecule has 3 rings (SSSR count). The van der Waals surface area contributed by atoms with Gasteiger partial charge in [-0.15, -0.1) is 0 Å². The normalized spacial score (nSPS) is 24.1. The molecule has 1 aromatic carbocycles. The van der Waals surface area contributed by atoms with Crippen LogP contribution in [-0.2, 0) is 14.4 Å². The number of fused-ring (bicyclic) bond motifs is 1. The maximum absolute atomic E-state index is 12.5. The summed E-state index contributed by atoms with van der Waals surface area (Å²) in [5.74, 6) is -1.12. The van der Waals surface area contributed by atoms with Gasteiger partial charge in [-0.3, -0.25) is 14.4 Å². The van der Waals surface area contributed by atoms with Crippen molar-refractivity contribution in [2.75, 3.05) is 10.2 Å². The summed E-state index contributed by atoms with van der Waals surface area (Å²) in [5, 5.41) is 2.67. The topological polar surface area (TPSA) is 66.5 Å². The van der Waals surface area contributed by atoms with Gasteiger partial charge in [0.15, 0.2) is 0 Å². The molecular formula is C16H16N2O3. The number of allylic oxidation sites excluding steroid dienone is 2. The average molecular weight is 284 g/mol. The van der Waals surface area contributed by atoms with E-state index in [1.165, 1.54) is 11.8 Å². The summed E-state index contributed by atoms with van der Waals surface area (Å²) in [4.78, 5) is 37.6. The van der Waals surface area contributed by atoms with E-state index in [4.69, 9.17) is 0 Å². The first-order valence-corrected chi connectivity index (χ1v) is 6.99. The molecule has 2 atom stereocenters. The van der Waals surface area contributed by atoms with Crippen molar-refractivity contribution in [2.24, 2.45) is 11.8 Å². The van der Waals surface area contributed by atoms with Crippen molar-refractivity contribution in [3.05, 3.63) is 36.4 Å². The number of carbonyl (C=O) groups is 3. The molecule has 5 heteroatoms. The third-order valence-corrected chi connectivity index (χ3v) is 3.96. The number of amides is 3. The van der Waals surface area contributed by atoms with Crippen LogP contribution in [0.5, 0.6) is 0 Å². The Morgan fingerprint density at radius 1 is 1.10 bits per heavy atom. The van der Waals surface area contributed by atoms with Gasteiger partial charge in [-0.25, -0.2) is 4.90 Å². The molecule has 0 bridgehead atoms. The molecule has 1 fully saturated rings. The highest BCUT2D eigenvalue weighted by atomic mass is 16.2. The lowest BCUT2D eigenvalue weighted by Gasteiger charge is -2.18. The Labute approximate surface area is 122 Å². The molecule has 0 unspecified atom stereocenters. The van der Waals surface area contributed by atoms with Gasteiger partial charge in [0.2, 0.25) is 17.7 Å². The molecule has 1 N–H and O–H groups in total. The Kier molecular flexibility index (Phi) is 3.33. The minimum atomic E-state index is -0.270. The molecule has 3 amide bonds. The fraction of sp³-hybridized carbons (Fsp3) is 0.312. The predicted octanol–water partition coefficient (Wildman–Crippen LogP) is 2.10. The third-order valence-electron chi connectivity index (χ3n) is 3.96. The molecule has 0 radical (unpaired) electrons. The number of rotatable bonds is 2. The van der Waals surface area contributed by atoms with Crippen LogP contribution in [-0.4, -0.2) is 17.7 Å². The predicted molar refractivity (Wildman–Crippen MR) is 78.6 cm³/mol. The number of para-hydroxylation sites is 2. The van der Waals surface area contributed by atoms with Gasteiger partial charge in [0, 0.05) is 6.92 Å². The van der Waals surface area contributed by atoms with Crippen LogP contribution in [0, 0.1) is 11.8 Å². The number of carbonyl (C=O) groups excluding carboxylic acids is 3. The zero-order chi connectivity index (χ0) is 15.0. The summed E-state index contributed by atoms with van der Waals surface area (Å²) in [6.45, 7) is 1.40. The summed E-state index contributed by atoms with van der Waals surface area (Å²) in [5.41, 5.74) is 0.940. The highest BCUT2D eigenvalue weighted by Gasteiger charge is 2.48. The summed E-state index contributed by atoms with van der Waals surface area (Å²) >= 11 is 0. The van der Waals surface area contributed by atoms with Crippen molar-refractivity contribution in [1.82, 2.24) is 0 Å². The van der Waals surface area contributed by atoms with Crippen LogP contribution >= 0.6 is 0 Å². The van der Waals surface area contributed by atoms with Crippen LogP contribution < -0.4 is 10.2 Å². The molecule has 108 valence electrons. The first kappa shape index (κ1) is 13.5. The van der Waals surface area contributed by atoms with Crippen molar-refractivity contribution in [3.63, 3.8) is 0 Å². The summed E-state index contributed by atoms with van der Waals surface area (Å²) in [6, 6.07) is 6.89. The Balaban J connectivity index is 1.99. The maximum Gasteiger partial charge on any atom is 0.238 e. The second kappa shape index (κ2) is 5.16. The number of hydrogen-bond acceptors (Lipinski definition) is 3. The Morgan fingerprint density at radius 3 is 2.24 bits per heavy atom. The summed E-state index contributed by atoms with van der Waals surface area (Å²) in [7, 11) is 0. The van der Waals surface area contributed by atoms with Crippen LogP contribution in [0.25, 0.3) is 0 Å². The van der Waals surface area contributed by atoms with E-state index in [1.54, 1.807) is 24.3 Å². The molecule has 1 heterocycles. The lowest BCUT2D eigenvalue weighted by Crippen LogP contribution is -2.31. The van der Waals surface area contributed by atoms with E-state index in [0.717, 1.165) is 0 Å². The van der Waals surface area contributed by atoms with Crippen LogP contribution in [0.4, 0.5) is 11.4 Å². The Morgan fingerprint density at radius 2 is 1.67 bits per heavy atom. The van der Waals surface area contributed by atoms with Gasteiger partial charge in [0.25, 0.3) is 0 Å². The Hall–Kier alpha value is -2.43. The van der Waals surface area contributed by atoms with Crippen LogP contribution in [0.3, 0.4) is 0 Å². The van der Waals surface area contributed by atoms with E-state index in [2.05, 4.69) is 5.32 Å². The largest absolute Gasteiger partial charge is 0.325 e. The molecule has 1 aliphatic carbocycles. The van der Waals surface area contributed by atoms with Crippen molar-refractivity contribution < 1.29 is 14.4 Å². The van der Waals surface area contributed by atoms with Gasteiger partial charge < -0.3 is 5.32 Å². The number of imide groups is 1. The Bertz CT molecular complexity index is 625. The van der Waals surface area contributed by atoms with Crippen molar-refractivity contribution >= 4 is 29.1 Å². The van der Waals surface area contributed by atoms with Crippen LogP contribution in [0.15, 0.2) is 36.4 Å². The minimum Gasteiger partial charge on any atom is -0.325 e. The van der Waals surface area contributed by atoms with Gasteiger partial charge in [-0.1, -0.05) is 24.3 Å². The fourth-order valence-electron chi connectivity index (χ4n) is 3.00. The molecule has 21 heavy (non-hydrogen) atoms. The van der Waals surface area contributed by atoms with Gasteiger partial charge in [-0.2, -0.15) is 0 Å². The molecular weight excluding hydrogens is 268 g/mol. The molecule has 1 aromatic rings. The number of nitrogens with zero attached hydrogens (tertiary/aromatic N) is 1. The zero-order valence-electron chi connectivity index (χ0n) is 11.7. The molecule has 1 aliphatic heterocycles. The van der Waals surface area contributed by atoms with E-state index in [0.29, 0.717) is 24.2 Å². The van der Waals surface area contributed by atoms with Gasteiger partial charge in [0.05, 0.1) is 23.2 Å². The lowest BCUT2D eigenvalue weighted by atomic mass is 9.85. The van der Waals surface area contributed by atoms with E-state index in [9.17, 15) is 14.4 Å². The molecule has 0 spiro atoms. The smallest absolute Gasteiger partial charge is 0.238 e. The maximum atomic E-state index is 12.5. The van der Waals surface area contributed by atoms with Crippen molar-refractivity contribution in [2.45, 2.75) is 19.8 Å². The number of hydrogen-bond donors (Lipinski definition) is 1. The van der Waals surface area contributed by atoms with Gasteiger partial charge in [-0.05, 0) is 25.0 Å². The zero-order valence-corrected chi connectivity index (χ0v) is 11.7. The van der Waals surface area contributed by atoms with Crippen molar-refractivity contribution in [1.29, 1.82) is 0 Å². The van der Waals surface area contributed by atoms with E-state index in [1.807, 2.05) is 12.2 Å². The first-order valence-electron chi connectivity index (χ1n) is 6.99. The van der Waals surface area contributed by atoms with Gasteiger partial charge >= 0.3 is 0 Å². The SMILES string of the molecule is CC(=O)Nc1ccccc1N1C(=O)[C@H]2CC=CC[C@H]2C1=O. The van der Waals surface area contributed by atoms with E-state index < -0.39 is 0 Å². The number of nitrogens with one attached hydrogen (secondary N) is 1. The highest BCUT2D eigenvalue weighted by molar-refractivity contribution is 6.23. The van der Waals surface area contributed by atoms with E-state index in [-0.39, 0.29) is 29.6 Å². The van der Waals surface area contributed by atoms with Gasteiger partial charge in [0.1, 0.15) is 0 Å². The standard InChI is InChI=1S/C16H16N2O3/c1-10(19)17-13-8-4-5-9-14(13)18-15(20)11-6-2-3-7-12(11)16(18)21/h2-5,8-9,11-12H,6-7H2,1H3,(H,17,19)/t11-,12+. The molecule has 2 aliphatic rings. The second-order valence-electron chi connectivity index (χ2n) is 5.37. The molecule has 0 aromatic heterocycles. The monoisotopic (exact) mass is 284 g/mol. The number of anilines is 2. The third kappa shape index (κ3) is 2.24. The molecule has 1 saturated heterocycles. The second-order valence-corrected chi connectivity index (χ2v) is 5.37. The molecule has 0 saturated carbocycles. The van der Waals surface area contributed by atoms with Crippen LogP contribution in [0.2, 0.25) is 0 Å². The van der Waals surface area contributed by atoms with Crippen LogP contribution in [0.1, 0.15) is 19.8 Å². The average Bonchev–Trinajstić information content (AvgIpc) is 2.72. The summed E-state index contributed by atoms with van der Waals surface area (Å²) < 4.78 is 0. The minimum absolute atomic E-state index is 0.174. The first-order chi connectivity index (χ1) is 10.1. The summed E-state index contributed by atoms with van der Waals surface area (Å²) in [6.07, 6.45) is 5.12.